The van der Waals surface area contributed by atoms with E-state index in [1.165, 1.54) is 62.9 Å². The Morgan fingerprint density at radius 3 is 2.26 bits per heavy atom. The van der Waals surface area contributed by atoms with E-state index in [2.05, 4.69) is 55.1 Å². The Labute approximate surface area is 540 Å². The third-order valence-corrected chi connectivity index (χ3v) is 23.1. The Morgan fingerprint density at radius 2 is 1.59 bits per heavy atom. The molecule has 502 valence electrons. The molecule has 3 aliphatic heterocycles. The van der Waals surface area contributed by atoms with Crippen molar-refractivity contribution in [1.82, 2.24) is 25.2 Å². The highest BCUT2D eigenvalue weighted by Crippen LogP contribution is 2.66. The van der Waals surface area contributed by atoms with Crippen LogP contribution in [0.1, 0.15) is 116 Å². The summed E-state index contributed by atoms with van der Waals surface area (Å²) in [6, 6.07) is 8.24. The molecule has 92 heavy (non-hydrogen) atoms. The van der Waals surface area contributed by atoms with E-state index in [-0.39, 0.29) is 76.7 Å². The number of unbranched alkanes of at least 4 members (excludes halogenated alkanes) is 2. The smallest absolute Gasteiger partial charge is 0.390 e. The number of benzene rings is 2. The number of phosphoric acid groups is 3. The lowest BCUT2D eigenvalue weighted by atomic mass is 9.81. The number of nitrogens with zero attached hydrogens (tertiary/aromatic N) is 5. The molecule has 5 heterocycles. The molecule has 0 spiro atoms. The average Bonchev–Trinajstić information content (AvgIpc) is 1.60. The molecule has 0 bridgehead atoms. The van der Waals surface area contributed by atoms with Gasteiger partial charge in [-0.1, -0.05) is 65.5 Å². The maximum absolute atomic E-state index is 13.3. The van der Waals surface area contributed by atoms with Gasteiger partial charge >= 0.3 is 23.5 Å². The number of likely N-dealkylation sites (N-methyl/N-ethyl adjacent to an activating group) is 2. The summed E-state index contributed by atoms with van der Waals surface area (Å²) in [6.07, 6.45) is 10.8. The second kappa shape index (κ2) is 30.5. The number of ketones is 1. The molecule has 1 fully saturated rings. The lowest BCUT2D eigenvalue weighted by Crippen LogP contribution is -2.48. The molecule has 3 aliphatic rings. The van der Waals surface area contributed by atoms with Gasteiger partial charge in [0, 0.05) is 104 Å². The Bertz CT molecular complexity index is 4050. The van der Waals surface area contributed by atoms with Gasteiger partial charge in [-0.15, -0.1) is 0 Å². The molecule has 11 N–H and O–H groups in total. The summed E-state index contributed by atoms with van der Waals surface area (Å²) in [5.74, 6) is 5.86. The van der Waals surface area contributed by atoms with Crippen LogP contribution in [0, 0.1) is 11.8 Å². The number of nitrogen functional groups attached to an aromatic ring is 1. The summed E-state index contributed by atoms with van der Waals surface area (Å²) in [4.78, 5) is 86.1. The van der Waals surface area contributed by atoms with Gasteiger partial charge in [-0.25, -0.2) is 23.7 Å². The molecule has 0 aliphatic carbocycles. The zero-order valence-corrected chi connectivity index (χ0v) is 56.8. The number of nitrogens with two attached hydrogens (primary N) is 1. The third kappa shape index (κ3) is 18.9. The van der Waals surface area contributed by atoms with Crippen LogP contribution in [-0.2, 0) is 77.0 Å². The van der Waals surface area contributed by atoms with Crippen LogP contribution < -0.4 is 21.3 Å². The van der Waals surface area contributed by atoms with E-state index in [4.69, 9.17) is 20.3 Å². The number of carbonyl (C=O) groups is 3. The number of phosphoric ester groups is 1. The summed E-state index contributed by atoms with van der Waals surface area (Å²) in [5.41, 5.74) is 10.3. The van der Waals surface area contributed by atoms with Gasteiger partial charge in [0.1, 0.15) is 48.5 Å². The van der Waals surface area contributed by atoms with Crippen LogP contribution in [0.4, 0.5) is 17.2 Å². The molecule has 2 aromatic heterocycles. The number of fused-ring (bicyclic) bond motifs is 3. The fraction of sp³-hybridized carbons (Fsp3) is 0.464. The molecular formula is C56H74N8O21P3S4+. The SMILES string of the molecule is CCNC(=O)C(CSSCCC(=O)CCC#Cc1cn([C@H]2CC(O)[C@@H](COP(=O)(O)OP(=O)(O)OP(=O)(O)O)O2)c2ncnc(N)c12)NC(=O)CCCCC[N+]1=C(C=CC=CC=C2N(CC)c3ccc(S(=O)(=O)O)cc3C2(C)C)C(C)(C)c2cc(S(=O)(=O)O)ccc21. The Hall–Kier alpha value is -5.43. The molecule has 0 saturated carbocycles. The van der Waals surface area contributed by atoms with E-state index in [1.54, 1.807) is 19.1 Å². The van der Waals surface area contributed by atoms with E-state index in [1.807, 2.05) is 65.0 Å². The van der Waals surface area contributed by atoms with Gasteiger partial charge in [-0.05, 0) is 82.5 Å². The first-order chi connectivity index (χ1) is 43.0. The van der Waals surface area contributed by atoms with Crippen LogP contribution in [0.25, 0.3) is 11.0 Å². The molecule has 29 nitrogen and oxygen atoms in total. The summed E-state index contributed by atoms with van der Waals surface area (Å²) in [7, 11) is -23.1. The van der Waals surface area contributed by atoms with Gasteiger partial charge in [-0.2, -0.15) is 30.0 Å². The minimum atomic E-state index is -5.78. The molecule has 36 heteroatoms. The fourth-order valence-electron chi connectivity index (χ4n) is 10.8. The first kappa shape index (κ1) is 74.0. The largest absolute Gasteiger partial charge is 0.490 e. The number of nitrogens with one attached hydrogen (secondary N) is 2. The van der Waals surface area contributed by atoms with E-state index in [0.29, 0.717) is 61.2 Å². The van der Waals surface area contributed by atoms with E-state index in [9.17, 15) is 68.9 Å². The van der Waals surface area contributed by atoms with Crippen molar-refractivity contribution in [3.63, 3.8) is 0 Å². The van der Waals surface area contributed by atoms with Crippen LogP contribution in [0.5, 0.6) is 0 Å². The van der Waals surface area contributed by atoms with Crippen molar-refractivity contribution in [3.8, 4) is 11.8 Å². The number of ether oxygens (including phenoxy) is 1. The van der Waals surface area contributed by atoms with Crippen LogP contribution in [0.15, 0.2) is 94.8 Å². The van der Waals surface area contributed by atoms with Crippen molar-refractivity contribution in [2.75, 3.05) is 48.4 Å². The van der Waals surface area contributed by atoms with Gasteiger partial charge in [0.2, 0.25) is 17.5 Å². The first-order valence-electron chi connectivity index (χ1n) is 28.7. The number of carbonyl (C=O) groups excluding carboxylic acids is 3. The van der Waals surface area contributed by atoms with Gasteiger partial charge in [0.05, 0.1) is 38.9 Å². The van der Waals surface area contributed by atoms with Crippen molar-refractivity contribution in [2.24, 2.45) is 0 Å². The Morgan fingerprint density at radius 1 is 0.891 bits per heavy atom. The number of Topliss-reactive ketones (excluding diaryl/α,β-unsaturated/α-hetero) is 1. The molecular weight excluding hydrogens is 1340 g/mol. The number of rotatable bonds is 31. The third-order valence-electron chi connectivity index (χ3n) is 15.2. The molecule has 6 atom stereocenters. The molecule has 2 aromatic carbocycles. The second-order valence-electron chi connectivity index (χ2n) is 22.4. The van der Waals surface area contributed by atoms with E-state index >= 15 is 0 Å². The number of hydrogen-bond acceptors (Lipinski definition) is 21. The van der Waals surface area contributed by atoms with Crippen LogP contribution in [0.2, 0.25) is 0 Å². The summed E-state index contributed by atoms with van der Waals surface area (Å²) >= 11 is 0. The predicted octanol–water partition coefficient (Wildman–Crippen LogP) is 7.04. The highest BCUT2D eigenvalue weighted by atomic mass is 33.1. The zero-order chi connectivity index (χ0) is 67.8. The van der Waals surface area contributed by atoms with Crippen molar-refractivity contribution in [2.45, 2.75) is 138 Å². The van der Waals surface area contributed by atoms with E-state index < -0.39 is 85.6 Å². The molecule has 0 radical (unpaired) electrons. The fourth-order valence-corrected chi connectivity index (χ4v) is 17.0. The van der Waals surface area contributed by atoms with Crippen LogP contribution in [-0.4, -0.2) is 149 Å². The number of amides is 2. The number of aromatic nitrogens is 3. The predicted molar refractivity (Wildman–Crippen MR) is 344 cm³/mol. The number of aliphatic hydroxyl groups excluding tert-OH is 1. The highest BCUT2D eigenvalue weighted by molar-refractivity contribution is 8.76. The van der Waals surface area contributed by atoms with Gasteiger partial charge < -0.3 is 55.3 Å². The number of anilines is 2. The molecule has 7 rings (SSSR count). The zero-order valence-electron chi connectivity index (χ0n) is 50.8. The van der Waals surface area contributed by atoms with Crippen LogP contribution in [0.3, 0.4) is 0 Å². The monoisotopic (exact) mass is 1420 g/mol. The topological polar surface area (TPSA) is 436 Å². The van der Waals surface area contributed by atoms with Crippen molar-refractivity contribution in [3.05, 3.63) is 102 Å². The molecule has 4 aromatic rings. The van der Waals surface area contributed by atoms with Crippen molar-refractivity contribution in [1.29, 1.82) is 0 Å². The number of aliphatic hydroxyl groups is 1. The summed E-state index contributed by atoms with van der Waals surface area (Å²) in [5, 5.41) is 16.7. The van der Waals surface area contributed by atoms with Gasteiger partial charge in [-0.3, -0.25) is 28.0 Å². The lowest BCUT2D eigenvalue weighted by Gasteiger charge is -2.25. The van der Waals surface area contributed by atoms with Gasteiger partial charge in [0.15, 0.2) is 5.71 Å². The van der Waals surface area contributed by atoms with Crippen LogP contribution >= 0.6 is 45.1 Å². The Balaban J connectivity index is 0.882. The van der Waals surface area contributed by atoms with Crippen molar-refractivity contribution >= 4 is 117 Å². The maximum Gasteiger partial charge on any atom is 0.490 e. The molecule has 2 amide bonds. The van der Waals surface area contributed by atoms with Gasteiger partial charge in [0.25, 0.3) is 20.2 Å². The Kier molecular flexibility index (Phi) is 24.6. The normalized spacial score (nSPS) is 20.1. The first-order valence-corrected chi connectivity index (χ1v) is 38.6. The second-order valence-corrected chi connectivity index (χ2v) is 32.3. The average molecular weight is 1420 g/mol. The quantitative estimate of drug-likeness (QED) is 0.00459. The minimum Gasteiger partial charge on any atom is -0.390 e. The summed E-state index contributed by atoms with van der Waals surface area (Å²) in [6.45, 7) is 12.2. The minimum absolute atomic E-state index is 0.0543. The maximum atomic E-state index is 13.3. The lowest BCUT2D eigenvalue weighted by molar-refractivity contribution is -0.438. The highest BCUT2D eigenvalue weighted by Gasteiger charge is 2.46. The van der Waals surface area contributed by atoms with Crippen molar-refractivity contribution < 1.29 is 101 Å². The number of hydrogen-bond donors (Lipinski definition) is 10. The van der Waals surface area contributed by atoms with E-state index in [0.717, 1.165) is 28.3 Å². The standard InChI is InChI=1S/C56H73N8O21P3S4/c1-7-58-54(68)42(34-90-89-28-26-37(65)18-15-14-17-36-32-64(53-51(36)52(57)59-35-60-53)50-31-45(66)46(83-50)33-82-87(72,73)85-88(74,75)84-86(69,70)71)61-49(67)21-13-10-16-27-63-44-25-23-39(92(79,80)81)30-41(44)56(5,6)48(63)20-12-9-11-19-47-55(3,4)40-29-38(91(76,77)78)22-24-43(40)62(47)8-2/h9,11-12,19-20,22-25,29-30,32,35,42,45-46,50,66H,7-8,10,13,15-16,18,21,26-28,31,33-34H2,1-6H3,(H9-,57,58,59,60,61,67,68,69,70,71,72,73,74,75,76,77,78,79,80,81)/p+1/t42?,45?,46-,50-/m1/s1. The summed E-state index contributed by atoms with van der Waals surface area (Å²) < 4.78 is 125. The molecule has 4 unspecified atom stereocenters. The molecule has 1 saturated heterocycles. The number of allylic oxidation sites excluding steroid dienone is 6.